The molecule has 100 valence electrons. The molecule has 1 fully saturated rings. The fourth-order valence-corrected chi connectivity index (χ4v) is 2.84. The maximum atomic E-state index is 3.58. The van der Waals surface area contributed by atoms with E-state index in [1.165, 1.54) is 23.1 Å². The second-order valence-corrected chi connectivity index (χ2v) is 5.79. The van der Waals surface area contributed by atoms with Crippen LogP contribution in [0.4, 0.5) is 0 Å². The molecule has 0 aliphatic carbocycles. The molecule has 1 aliphatic rings. The van der Waals surface area contributed by atoms with Gasteiger partial charge in [-0.25, -0.2) is 0 Å². The molecule has 0 aromatic heterocycles. The second kappa shape index (κ2) is 5.85. The average Bonchev–Trinajstić information content (AvgIpc) is 2.46. The largest absolute Gasteiger partial charge is 0.313 e. The van der Waals surface area contributed by atoms with E-state index in [2.05, 4.69) is 56.1 Å². The molecule has 0 radical (unpaired) electrons. The Hall–Kier alpha value is -0.860. The Balaban J connectivity index is 2.16. The monoisotopic (exact) mass is 246 g/mol. The number of benzene rings is 1. The summed E-state index contributed by atoms with van der Waals surface area (Å²) in [4.78, 5) is 2.62. The normalized spacial score (nSPS) is 26.0. The lowest BCUT2D eigenvalue weighted by Crippen LogP contribution is -2.38. The average molecular weight is 246 g/mol. The quantitative estimate of drug-likeness (QED) is 0.863. The lowest BCUT2D eigenvalue weighted by atomic mass is 10.0. The van der Waals surface area contributed by atoms with Gasteiger partial charge in [0, 0.05) is 25.2 Å². The van der Waals surface area contributed by atoms with Gasteiger partial charge in [0.15, 0.2) is 0 Å². The van der Waals surface area contributed by atoms with Crippen LogP contribution < -0.4 is 5.32 Å². The highest BCUT2D eigenvalue weighted by atomic mass is 15.2. The minimum Gasteiger partial charge on any atom is -0.313 e. The lowest BCUT2D eigenvalue weighted by molar-refractivity contribution is 0.198. The van der Waals surface area contributed by atoms with Gasteiger partial charge in [0.05, 0.1) is 0 Å². The molecule has 0 bridgehead atoms. The first-order chi connectivity index (χ1) is 8.58. The van der Waals surface area contributed by atoms with Gasteiger partial charge in [0.2, 0.25) is 0 Å². The van der Waals surface area contributed by atoms with Crippen molar-refractivity contribution in [2.75, 3.05) is 13.1 Å². The van der Waals surface area contributed by atoms with Crippen LogP contribution >= 0.6 is 0 Å². The van der Waals surface area contributed by atoms with Gasteiger partial charge in [-0.2, -0.15) is 0 Å². The smallest absolute Gasteiger partial charge is 0.0242 e. The zero-order valence-corrected chi connectivity index (χ0v) is 12.2. The van der Waals surface area contributed by atoms with Crippen molar-refractivity contribution in [1.29, 1.82) is 0 Å². The van der Waals surface area contributed by atoms with Crippen LogP contribution in [0.5, 0.6) is 0 Å². The summed E-state index contributed by atoms with van der Waals surface area (Å²) in [6.07, 6.45) is 1.25. The van der Waals surface area contributed by atoms with Crippen molar-refractivity contribution in [1.82, 2.24) is 10.2 Å². The Morgan fingerprint density at radius 2 is 1.89 bits per heavy atom. The maximum Gasteiger partial charge on any atom is 0.0242 e. The van der Waals surface area contributed by atoms with Crippen molar-refractivity contribution in [2.24, 2.45) is 0 Å². The van der Waals surface area contributed by atoms with Crippen LogP contribution in [0.2, 0.25) is 0 Å². The molecule has 1 aromatic carbocycles. The van der Waals surface area contributed by atoms with Crippen molar-refractivity contribution in [3.05, 3.63) is 34.9 Å². The summed E-state index contributed by atoms with van der Waals surface area (Å²) in [5, 5.41) is 3.58. The van der Waals surface area contributed by atoms with Gasteiger partial charge in [-0.1, -0.05) is 18.2 Å². The Labute approximate surface area is 111 Å². The van der Waals surface area contributed by atoms with E-state index in [1.807, 2.05) is 0 Å². The second-order valence-electron chi connectivity index (χ2n) is 5.79. The highest BCUT2D eigenvalue weighted by Gasteiger charge is 2.21. The first kappa shape index (κ1) is 13.6. The molecule has 1 N–H and O–H groups in total. The summed E-state index contributed by atoms with van der Waals surface area (Å²) >= 11 is 0. The fourth-order valence-electron chi connectivity index (χ4n) is 2.84. The first-order valence-corrected chi connectivity index (χ1v) is 7.10. The summed E-state index contributed by atoms with van der Waals surface area (Å²) < 4.78 is 0. The van der Waals surface area contributed by atoms with Gasteiger partial charge in [-0.15, -0.1) is 0 Å². The van der Waals surface area contributed by atoms with Crippen molar-refractivity contribution in [3.63, 3.8) is 0 Å². The molecule has 1 saturated heterocycles. The lowest BCUT2D eigenvalue weighted by Gasteiger charge is -2.29. The van der Waals surface area contributed by atoms with E-state index in [1.54, 1.807) is 0 Å². The SMILES string of the molecule is Cc1cccc(C)c1CN1CC(C)NCCC1C. The summed E-state index contributed by atoms with van der Waals surface area (Å²) in [6.45, 7) is 12.5. The Bertz CT molecular complexity index is 380. The molecule has 2 rings (SSSR count). The van der Waals surface area contributed by atoms with Gasteiger partial charge >= 0.3 is 0 Å². The van der Waals surface area contributed by atoms with Crippen molar-refractivity contribution < 1.29 is 0 Å². The number of hydrogen-bond acceptors (Lipinski definition) is 2. The number of nitrogens with zero attached hydrogens (tertiary/aromatic N) is 1. The van der Waals surface area contributed by atoms with E-state index < -0.39 is 0 Å². The summed E-state index contributed by atoms with van der Waals surface area (Å²) in [6, 6.07) is 7.88. The number of rotatable bonds is 2. The highest BCUT2D eigenvalue weighted by molar-refractivity contribution is 5.33. The predicted octanol–water partition coefficient (Wildman–Crippen LogP) is 2.88. The summed E-state index contributed by atoms with van der Waals surface area (Å²) in [5.74, 6) is 0. The van der Waals surface area contributed by atoms with Crippen LogP contribution in [-0.2, 0) is 6.54 Å². The molecule has 2 nitrogen and oxygen atoms in total. The van der Waals surface area contributed by atoms with Crippen LogP contribution in [0.25, 0.3) is 0 Å². The van der Waals surface area contributed by atoms with Crippen molar-refractivity contribution >= 4 is 0 Å². The summed E-state index contributed by atoms with van der Waals surface area (Å²) in [7, 11) is 0. The minimum absolute atomic E-state index is 0.597. The predicted molar refractivity (Wildman–Crippen MR) is 77.9 cm³/mol. The molecule has 1 heterocycles. The van der Waals surface area contributed by atoms with E-state index in [0.29, 0.717) is 12.1 Å². The molecule has 18 heavy (non-hydrogen) atoms. The third-order valence-electron chi connectivity index (χ3n) is 4.19. The number of aryl methyl sites for hydroxylation is 2. The fraction of sp³-hybridized carbons (Fsp3) is 0.625. The minimum atomic E-state index is 0.597. The van der Waals surface area contributed by atoms with E-state index in [0.717, 1.165) is 19.6 Å². The van der Waals surface area contributed by atoms with Crippen molar-refractivity contribution in [2.45, 2.75) is 52.7 Å². The highest BCUT2D eigenvalue weighted by Crippen LogP contribution is 2.19. The number of hydrogen-bond donors (Lipinski definition) is 1. The van der Waals surface area contributed by atoms with Gasteiger partial charge in [0.1, 0.15) is 0 Å². The molecule has 0 saturated carbocycles. The molecule has 2 atom stereocenters. The third-order valence-corrected chi connectivity index (χ3v) is 4.19. The molecule has 1 aromatic rings. The molecular formula is C16H26N2. The molecule has 2 heteroatoms. The standard InChI is InChI=1S/C16H26N2/c1-12-6-5-7-13(2)16(12)11-18-10-14(3)17-9-8-15(18)4/h5-7,14-15,17H,8-11H2,1-4H3. The van der Waals surface area contributed by atoms with E-state index in [9.17, 15) is 0 Å². The van der Waals surface area contributed by atoms with Gasteiger partial charge in [0.25, 0.3) is 0 Å². The third kappa shape index (κ3) is 3.12. The summed E-state index contributed by atoms with van der Waals surface area (Å²) in [5.41, 5.74) is 4.36. The molecule has 0 amide bonds. The van der Waals surface area contributed by atoms with Gasteiger partial charge in [-0.3, -0.25) is 4.90 Å². The van der Waals surface area contributed by atoms with Crippen molar-refractivity contribution in [3.8, 4) is 0 Å². The molecule has 1 aliphatic heterocycles. The van der Waals surface area contributed by atoms with E-state index in [-0.39, 0.29) is 0 Å². The molecule has 0 spiro atoms. The van der Waals surface area contributed by atoms with Crippen LogP contribution in [0.1, 0.15) is 37.0 Å². The van der Waals surface area contributed by atoms with Gasteiger partial charge < -0.3 is 5.32 Å². The van der Waals surface area contributed by atoms with Gasteiger partial charge in [-0.05, 0) is 57.4 Å². The Morgan fingerprint density at radius 1 is 1.22 bits per heavy atom. The van der Waals surface area contributed by atoms with E-state index >= 15 is 0 Å². The van der Waals surface area contributed by atoms with E-state index in [4.69, 9.17) is 0 Å². The zero-order chi connectivity index (χ0) is 13.1. The maximum absolute atomic E-state index is 3.58. The van der Waals surface area contributed by atoms with Crippen LogP contribution in [0.15, 0.2) is 18.2 Å². The molecular weight excluding hydrogens is 220 g/mol. The number of nitrogens with one attached hydrogen (secondary N) is 1. The van der Waals surface area contributed by atoms with Crippen LogP contribution in [0.3, 0.4) is 0 Å². The zero-order valence-electron chi connectivity index (χ0n) is 12.2. The topological polar surface area (TPSA) is 15.3 Å². The van der Waals surface area contributed by atoms with Crippen LogP contribution in [0, 0.1) is 13.8 Å². The Morgan fingerprint density at radius 3 is 2.56 bits per heavy atom. The first-order valence-electron chi connectivity index (χ1n) is 7.10. The van der Waals surface area contributed by atoms with Crippen LogP contribution in [-0.4, -0.2) is 30.1 Å². The Kier molecular flexibility index (Phi) is 4.41. The molecule has 2 unspecified atom stereocenters.